The van der Waals surface area contributed by atoms with Gasteiger partial charge in [0.05, 0.1) is 24.9 Å². The Morgan fingerprint density at radius 1 is 0.879 bits per heavy atom. The van der Waals surface area contributed by atoms with Crippen molar-refractivity contribution < 1.29 is 79.6 Å². The van der Waals surface area contributed by atoms with Crippen molar-refractivity contribution in [2.75, 3.05) is 19.8 Å². The quantitative estimate of drug-likeness (QED) is 0.0349. The Kier molecular flexibility index (Phi) is 18.8. The van der Waals surface area contributed by atoms with Gasteiger partial charge in [0.1, 0.15) is 60.7 Å². The molecule has 1 saturated carbocycles. The van der Waals surface area contributed by atoms with Gasteiger partial charge in [-0.2, -0.15) is 0 Å². The number of aldehydes is 1. The van der Waals surface area contributed by atoms with E-state index >= 15 is 0 Å². The highest BCUT2D eigenvalue weighted by Crippen LogP contribution is 2.55. The standard InChI is InChI=1S/C42H70O16/c1-23(13-15-31(46)40(4,5)53)12-14-28(56-39-37(52)35(50)33(48)30(22-45)58-39)24(2)10-8-17-41(6)27(26(25(3)20-43)16-18-42(41,7)54)11-9-19-55-38-36(51)34(49)32(47)29(21-44)57-38/h10,12,20,27-30,32-39,44-45,47-54H,8-9,11,13-19,21-22H2,1-7H3/b23-12+,24-10+,26-25-/t27?,28?,29-,30-,32-,33-,34-,35-,36-,37-,38-,39-,41?,42+/m1/s1. The van der Waals surface area contributed by atoms with Crippen molar-refractivity contribution in [1.29, 1.82) is 0 Å². The Balaban J connectivity index is 1.84. The van der Waals surface area contributed by atoms with Crippen LogP contribution in [0, 0.1) is 11.3 Å². The molecule has 0 amide bonds. The molecule has 0 spiro atoms. The Labute approximate surface area is 341 Å². The summed E-state index contributed by atoms with van der Waals surface area (Å²) in [4.78, 5) is 24.4. The van der Waals surface area contributed by atoms with Gasteiger partial charge in [-0.3, -0.25) is 9.59 Å². The molecule has 0 aromatic carbocycles. The van der Waals surface area contributed by atoms with E-state index in [4.69, 9.17) is 18.9 Å². The third-order valence-electron chi connectivity index (χ3n) is 12.6. The zero-order valence-corrected chi connectivity index (χ0v) is 35.1. The first kappa shape index (κ1) is 50.4. The predicted octanol–water partition coefficient (Wildman–Crippen LogP) is 0.634. The highest BCUT2D eigenvalue weighted by Gasteiger charge is 2.52. The third kappa shape index (κ3) is 12.3. The van der Waals surface area contributed by atoms with E-state index in [2.05, 4.69) is 0 Å². The summed E-state index contributed by atoms with van der Waals surface area (Å²) in [6.45, 7) is 10.9. The van der Waals surface area contributed by atoms with E-state index in [0.717, 1.165) is 23.0 Å². The molecule has 3 aliphatic rings. The van der Waals surface area contributed by atoms with E-state index in [1.807, 2.05) is 32.9 Å². The summed E-state index contributed by atoms with van der Waals surface area (Å²) in [6, 6.07) is 0. The number of aliphatic hydroxyl groups excluding tert-OH is 8. The van der Waals surface area contributed by atoms with Gasteiger partial charge in [0.2, 0.25) is 0 Å². The van der Waals surface area contributed by atoms with Crippen LogP contribution < -0.4 is 0 Å². The molecule has 0 aromatic heterocycles. The summed E-state index contributed by atoms with van der Waals surface area (Å²) in [5, 5.41) is 104. The van der Waals surface area contributed by atoms with Gasteiger partial charge in [0, 0.05) is 18.4 Å². The molecule has 58 heavy (non-hydrogen) atoms. The number of carbonyl (C=O) groups is 2. The van der Waals surface area contributed by atoms with Crippen molar-refractivity contribution in [1.82, 2.24) is 0 Å². The van der Waals surface area contributed by atoms with Gasteiger partial charge < -0.3 is 70.0 Å². The fourth-order valence-electron chi connectivity index (χ4n) is 8.22. The van der Waals surface area contributed by atoms with Crippen LogP contribution in [0.5, 0.6) is 0 Å². The second kappa shape index (κ2) is 21.7. The van der Waals surface area contributed by atoms with Gasteiger partial charge in [0.25, 0.3) is 0 Å². The lowest BCUT2D eigenvalue weighted by Crippen LogP contribution is -2.59. The maximum atomic E-state index is 12.3. The average molecular weight is 831 g/mol. The number of rotatable bonds is 20. The molecule has 3 rings (SSSR count). The number of carbonyl (C=O) groups excluding carboxylic acids is 2. The molecule has 16 nitrogen and oxygen atoms in total. The number of ketones is 1. The zero-order chi connectivity index (χ0) is 43.7. The highest BCUT2D eigenvalue weighted by molar-refractivity contribution is 5.86. The van der Waals surface area contributed by atoms with Gasteiger partial charge in [-0.25, -0.2) is 0 Å². The monoisotopic (exact) mass is 830 g/mol. The van der Waals surface area contributed by atoms with Crippen LogP contribution in [-0.4, -0.2) is 162 Å². The Morgan fingerprint density at radius 3 is 2.00 bits per heavy atom. The van der Waals surface area contributed by atoms with Gasteiger partial charge in [-0.1, -0.05) is 30.2 Å². The zero-order valence-electron chi connectivity index (χ0n) is 35.1. The van der Waals surface area contributed by atoms with Gasteiger partial charge in [-0.15, -0.1) is 0 Å². The molecule has 3 unspecified atom stereocenters. The first-order valence-corrected chi connectivity index (χ1v) is 20.4. The molecular weight excluding hydrogens is 760 g/mol. The minimum absolute atomic E-state index is 0.0691. The van der Waals surface area contributed by atoms with Gasteiger partial charge in [-0.05, 0) is 110 Å². The third-order valence-corrected chi connectivity index (χ3v) is 12.6. The molecular formula is C42H70O16. The van der Waals surface area contributed by atoms with Crippen LogP contribution in [0.2, 0.25) is 0 Å². The Bertz CT molecular complexity index is 1430. The minimum Gasteiger partial charge on any atom is -0.394 e. The lowest BCUT2D eigenvalue weighted by Gasteiger charge is -2.53. The molecule has 0 radical (unpaired) electrons. The molecule has 2 aliphatic heterocycles. The first-order chi connectivity index (χ1) is 27.0. The van der Waals surface area contributed by atoms with Crippen LogP contribution in [-0.2, 0) is 28.5 Å². The van der Waals surface area contributed by atoms with Crippen LogP contribution in [0.1, 0.15) is 106 Å². The van der Waals surface area contributed by atoms with Crippen molar-refractivity contribution in [3.8, 4) is 0 Å². The van der Waals surface area contributed by atoms with Crippen LogP contribution >= 0.6 is 0 Å². The van der Waals surface area contributed by atoms with Gasteiger partial charge in [0.15, 0.2) is 18.4 Å². The van der Waals surface area contributed by atoms with Crippen LogP contribution in [0.15, 0.2) is 34.4 Å². The summed E-state index contributed by atoms with van der Waals surface area (Å²) < 4.78 is 23.1. The van der Waals surface area contributed by atoms with Gasteiger partial charge >= 0.3 is 0 Å². The number of hydrogen-bond donors (Lipinski definition) is 10. The highest BCUT2D eigenvalue weighted by atomic mass is 16.7. The molecule has 334 valence electrons. The number of hydrogen-bond acceptors (Lipinski definition) is 16. The molecule has 1 aliphatic carbocycles. The predicted molar refractivity (Wildman–Crippen MR) is 210 cm³/mol. The lowest BCUT2D eigenvalue weighted by atomic mass is 9.54. The molecule has 14 atom stereocenters. The fraction of sp³-hybridized carbons (Fsp3) is 0.810. The summed E-state index contributed by atoms with van der Waals surface area (Å²) in [5.41, 5.74) is -0.313. The minimum atomic E-state index is -1.64. The number of allylic oxidation sites excluding steroid dienone is 4. The number of aliphatic hydroxyl groups is 10. The summed E-state index contributed by atoms with van der Waals surface area (Å²) in [7, 11) is 0. The van der Waals surface area contributed by atoms with Crippen molar-refractivity contribution in [2.45, 2.75) is 185 Å². The molecule has 2 saturated heterocycles. The molecule has 3 fully saturated rings. The topological polar surface area (TPSA) is 273 Å². The van der Waals surface area contributed by atoms with E-state index in [1.165, 1.54) is 13.8 Å². The van der Waals surface area contributed by atoms with Crippen LogP contribution in [0.4, 0.5) is 0 Å². The van der Waals surface area contributed by atoms with Crippen molar-refractivity contribution in [3.63, 3.8) is 0 Å². The van der Waals surface area contributed by atoms with Crippen LogP contribution in [0.25, 0.3) is 0 Å². The van der Waals surface area contributed by atoms with Crippen LogP contribution in [0.3, 0.4) is 0 Å². The lowest BCUT2D eigenvalue weighted by molar-refractivity contribution is -0.308. The maximum Gasteiger partial charge on any atom is 0.187 e. The Morgan fingerprint density at radius 2 is 1.45 bits per heavy atom. The largest absolute Gasteiger partial charge is 0.394 e. The SMILES string of the molecule is C/C(C=O)=C1\CC[C@](C)(O)C(C)(CC/C=C(\C)C(C/C=C(\C)CCC(=O)C(C)(C)O)O[C@@H]2O[C@H](CO)[C@@H](O)[C@@H](O)[C@H]2O)C1CCCO[C@@H]1O[C@H](CO)[C@@H](O)[C@@H](O)[C@H]1O. The van der Waals surface area contributed by atoms with E-state index in [-0.39, 0.29) is 31.1 Å². The second-order valence-electron chi connectivity index (χ2n) is 17.4. The maximum absolute atomic E-state index is 12.3. The second-order valence-corrected chi connectivity index (χ2v) is 17.4. The van der Waals surface area contributed by atoms with Crippen molar-refractivity contribution >= 4 is 12.1 Å². The first-order valence-electron chi connectivity index (χ1n) is 20.4. The molecule has 0 bridgehead atoms. The number of Topliss-reactive ketones (excluding diaryl/α,β-unsaturated/α-hetero) is 1. The smallest absolute Gasteiger partial charge is 0.187 e. The molecule has 16 heteroatoms. The van der Waals surface area contributed by atoms with E-state index in [0.29, 0.717) is 50.5 Å². The van der Waals surface area contributed by atoms with Crippen molar-refractivity contribution in [3.05, 3.63) is 34.4 Å². The average Bonchev–Trinajstić information content (AvgIpc) is 3.17. The number of ether oxygens (including phenoxy) is 4. The summed E-state index contributed by atoms with van der Waals surface area (Å²) in [5.74, 6) is -0.578. The molecule has 0 aromatic rings. The van der Waals surface area contributed by atoms with E-state index in [1.54, 1.807) is 13.8 Å². The normalized spacial score (nSPS) is 38.1. The van der Waals surface area contributed by atoms with Crippen molar-refractivity contribution in [2.24, 2.45) is 11.3 Å². The summed E-state index contributed by atoms with van der Waals surface area (Å²) >= 11 is 0. The van der Waals surface area contributed by atoms with E-state index in [9.17, 15) is 60.7 Å². The van der Waals surface area contributed by atoms with E-state index < -0.39 is 97.3 Å². The molecule has 10 N–H and O–H groups in total. The fourth-order valence-corrected chi connectivity index (χ4v) is 8.22. The molecule has 2 heterocycles. The Hall–Kier alpha value is -2.00. The summed E-state index contributed by atoms with van der Waals surface area (Å²) in [6.07, 6.45) is -7.07.